The van der Waals surface area contributed by atoms with Gasteiger partial charge < -0.3 is 10.1 Å². The van der Waals surface area contributed by atoms with E-state index < -0.39 is 5.97 Å². The van der Waals surface area contributed by atoms with E-state index in [0.29, 0.717) is 0 Å². The summed E-state index contributed by atoms with van der Waals surface area (Å²) < 4.78 is 0. The summed E-state index contributed by atoms with van der Waals surface area (Å²) in [6.45, 7) is 0. The normalized spacial score (nSPS) is 10.1. The lowest BCUT2D eigenvalue weighted by molar-refractivity contribution is -0.136. The number of aromatic nitrogens is 1. The predicted octanol–water partition coefficient (Wildman–Crippen LogP) is 1.67. The zero-order valence-electron chi connectivity index (χ0n) is 9.01. The van der Waals surface area contributed by atoms with Crippen molar-refractivity contribution in [2.45, 2.75) is 6.42 Å². The molecule has 0 bridgehead atoms. The van der Waals surface area contributed by atoms with E-state index in [1.54, 1.807) is 24.4 Å². The minimum atomic E-state index is -0.873. The van der Waals surface area contributed by atoms with Crippen LogP contribution in [0.4, 0.5) is 0 Å². The van der Waals surface area contributed by atoms with Gasteiger partial charge in [0.2, 0.25) is 5.56 Å². The zero-order chi connectivity index (χ0) is 12.3. The number of carbonyl (C=O) groups is 1. The Kier molecular flexibility index (Phi) is 3.05. The van der Waals surface area contributed by atoms with Gasteiger partial charge in [0.1, 0.15) is 0 Å². The predicted molar refractivity (Wildman–Crippen MR) is 63.8 cm³/mol. The van der Waals surface area contributed by atoms with Crippen molar-refractivity contribution in [1.29, 1.82) is 0 Å². The van der Waals surface area contributed by atoms with Gasteiger partial charge in [0, 0.05) is 12.3 Å². The number of aliphatic carboxylic acids is 1. The molecule has 0 saturated carbocycles. The van der Waals surface area contributed by atoms with Crippen LogP contribution in [0.2, 0.25) is 0 Å². The van der Waals surface area contributed by atoms with E-state index in [2.05, 4.69) is 4.98 Å². The van der Waals surface area contributed by atoms with Gasteiger partial charge >= 0.3 is 5.97 Å². The fourth-order valence-corrected chi connectivity index (χ4v) is 1.70. The summed E-state index contributed by atoms with van der Waals surface area (Å²) in [5.41, 5.74) is 2.18. The van der Waals surface area contributed by atoms with E-state index in [4.69, 9.17) is 5.11 Å². The van der Waals surface area contributed by atoms with Gasteiger partial charge in [0.15, 0.2) is 0 Å². The molecule has 0 aliphatic rings. The number of hydrogen-bond acceptors (Lipinski definition) is 2. The highest BCUT2D eigenvalue weighted by atomic mass is 16.4. The first-order chi connectivity index (χ1) is 8.16. The molecular formula is C13H11NO3. The largest absolute Gasteiger partial charge is 0.481 e. The number of rotatable bonds is 3. The number of aromatic amines is 1. The van der Waals surface area contributed by atoms with Crippen LogP contribution < -0.4 is 5.56 Å². The van der Waals surface area contributed by atoms with Crippen LogP contribution in [0.5, 0.6) is 0 Å². The molecule has 17 heavy (non-hydrogen) atoms. The molecule has 0 aliphatic carbocycles. The molecule has 1 aromatic carbocycles. The van der Waals surface area contributed by atoms with Gasteiger partial charge in [0.25, 0.3) is 0 Å². The van der Waals surface area contributed by atoms with Gasteiger partial charge in [-0.25, -0.2) is 0 Å². The van der Waals surface area contributed by atoms with Crippen molar-refractivity contribution in [3.8, 4) is 11.1 Å². The van der Waals surface area contributed by atoms with E-state index in [-0.39, 0.29) is 12.0 Å². The lowest BCUT2D eigenvalue weighted by atomic mass is 9.99. The lowest BCUT2D eigenvalue weighted by Crippen LogP contribution is -2.04. The molecule has 0 saturated heterocycles. The number of carboxylic acids is 1. The summed E-state index contributed by atoms with van der Waals surface area (Å²) in [5.74, 6) is -0.873. The summed E-state index contributed by atoms with van der Waals surface area (Å²) in [6.07, 6.45) is 1.55. The Labute approximate surface area is 97.6 Å². The molecule has 0 amide bonds. The number of carboxylic acid groups (broad SMARTS) is 1. The van der Waals surface area contributed by atoms with Crippen molar-refractivity contribution in [1.82, 2.24) is 4.98 Å². The first kappa shape index (κ1) is 11.1. The molecular weight excluding hydrogens is 218 g/mol. The highest BCUT2D eigenvalue weighted by Gasteiger charge is 2.07. The monoisotopic (exact) mass is 229 g/mol. The second-order valence-electron chi connectivity index (χ2n) is 3.67. The Morgan fingerprint density at radius 3 is 2.59 bits per heavy atom. The van der Waals surface area contributed by atoms with Crippen molar-refractivity contribution >= 4 is 5.97 Å². The Balaban J connectivity index is 2.47. The molecule has 2 N–H and O–H groups in total. The quantitative estimate of drug-likeness (QED) is 0.841. The molecule has 4 heteroatoms. The third-order valence-corrected chi connectivity index (χ3v) is 2.45. The van der Waals surface area contributed by atoms with Crippen LogP contribution in [0.25, 0.3) is 11.1 Å². The average molecular weight is 229 g/mol. The Bertz CT molecular complexity index is 581. The smallest absolute Gasteiger partial charge is 0.307 e. The zero-order valence-corrected chi connectivity index (χ0v) is 9.01. The maximum absolute atomic E-state index is 11.0. The van der Waals surface area contributed by atoms with Gasteiger partial charge in [-0.05, 0) is 22.8 Å². The first-order valence-electron chi connectivity index (χ1n) is 5.15. The van der Waals surface area contributed by atoms with E-state index >= 15 is 0 Å². The number of hydrogen-bond donors (Lipinski definition) is 2. The second kappa shape index (κ2) is 4.65. The lowest BCUT2D eigenvalue weighted by Gasteiger charge is -2.07. The molecule has 1 aromatic heterocycles. The Morgan fingerprint density at radius 1 is 1.18 bits per heavy atom. The molecule has 0 spiro atoms. The maximum Gasteiger partial charge on any atom is 0.307 e. The number of benzene rings is 1. The van der Waals surface area contributed by atoms with Crippen molar-refractivity contribution in [3.05, 3.63) is 58.5 Å². The highest BCUT2D eigenvalue weighted by Crippen LogP contribution is 2.22. The third-order valence-electron chi connectivity index (χ3n) is 2.45. The van der Waals surface area contributed by atoms with Crippen molar-refractivity contribution in [2.24, 2.45) is 0 Å². The summed E-state index contributed by atoms with van der Waals surface area (Å²) in [4.78, 5) is 24.3. The summed E-state index contributed by atoms with van der Waals surface area (Å²) in [7, 11) is 0. The van der Waals surface area contributed by atoms with Crippen molar-refractivity contribution in [2.75, 3.05) is 0 Å². The first-order valence-corrected chi connectivity index (χ1v) is 5.15. The van der Waals surface area contributed by atoms with Crippen LogP contribution in [0, 0.1) is 0 Å². The second-order valence-corrected chi connectivity index (χ2v) is 3.67. The van der Waals surface area contributed by atoms with Crippen LogP contribution in [-0.2, 0) is 11.2 Å². The van der Waals surface area contributed by atoms with Crippen LogP contribution in [-0.4, -0.2) is 16.1 Å². The van der Waals surface area contributed by atoms with Crippen LogP contribution >= 0.6 is 0 Å². The fourth-order valence-electron chi connectivity index (χ4n) is 1.70. The molecule has 1 heterocycles. The van der Waals surface area contributed by atoms with E-state index in [9.17, 15) is 9.59 Å². The summed E-state index contributed by atoms with van der Waals surface area (Å²) in [5, 5.41) is 8.82. The van der Waals surface area contributed by atoms with E-state index in [0.717, 1.165) is 16.7 Å². The Morgan fingerprint density at radius 2 is 1.94 bits per heavy atom. The molecule has 4 nitrogen and oxygen atoms in total. The van der Waals surface area contributed by atoms with Crippen molar-refractivity contribution in [3.63, 3.8) is 0 Å². The van der Waals surface area contributed by atoms with E-state index in [1.807, 2.05) is 12.1 Å². The van der Waals surface area contributed by atoms with Gasteiger partial charge in [0.05, 0.1) is 6.42 Å². The molecule has 0 atom stereocenters. The minimum absolute atomic E-state index is 0.0324. The van der Waals surface area contributed by atoms with Gasteiger partial charge in [-0.2, -0.15) is 0 Å². The third kappa shape index (κ3) is 2.60. The molecule has 0 aliphatic heterocycles. The topological polar surface area (TPSA) is 70.2 Å². The average Bonchev–Trinajstić information content (AvgIpc) is 2.30. The van der Waals surface area contributed by atoms with E-state index in [1.165, 1.54) is 6.07 Å². The molecule has 0 unspecified atom stereocenters. The van der Waals surface area contributed by atoms with Crippen LogP contribution in [0.3, 0.4) is 0 Å². The molecule has 86 valence electrons. The molecule has 2 rings (SSSR count). The minimum Gasteiger partial charge on any atom is -0.481 e. The number of nitrogens with one attached hydrogen (secondary N) is 1. The SMILES string of the molecule is O=C(O)Cc1ccccc1-c1ccc(=O)[nH]c1. The van der Waals surface area contributed by atoms with Crippen LogP contribution in [0.1, 0.15) is 5.56 Å². The maximum atomic E-state index is 11.0. The molecule has 0 radical (unpaired) electrons. The highest BCUT2D eigenvalue weighted by molar-refractivity contribution is 5.76. The number of pyridine rings is 1. The standard InChI is InChI=1S/C13H11NO3/c15-12-6-5-10(8-14-12)11-4-2-1-3-9(11)7-13(16)17/h1-6,8H,7H2,(H,14,15)(H,16,17). The summed E-state index contributed by atoms with van der Waals surface area (Å²) >= 11 is 0. The number of H-pyrrole nitrogens is 1. The molecule has 2 aromatic rings. The Hall–Kier alpha value is -2.36. The van der Waals surface area contributed by atoms with Crippen molar-refractivity contribution < 1.29 is 9.90 Å². The van der Waals surface area contributed by atoms with Gasteiger partial charge in [-0.3, -0.25) is 9.59 Å². The van der Waals surface area contributed by atoms with Crippen LogP contribution in [0.15, 0.2) is 47.4 Å². The fraction of sp³-hybridized carbons (Fsp3) is 0.0769. The summed E-state index contributed by atoms with van der Waals surface area (Å²) in [6, 6.07) is 10.4. The molecule has 0 fully saturated rings. The van der Waals surface area contributed by atoms with Gasteiger partial charge in [-0.15, -0.1) is 0 Å². The van der Waals surface area contributed by atoms with Gasteiger partial charge in [-0.1, -0.05) is 24.3 Å².